The fourth-order valence-electron chi connectivity index (χ4n) is 2.74. The number of benzene rings is 2. The maximum absolute atomic E-state index is 12.6. The van der Waals surface area contributed by atoms with Crippen molar-refractivity contribution in [1.29, 1.82) is 0 Å². The van der Waals surface area contributed by atoms with E-state index >= 15 is 0 Å². The zero-order valence-electron chi connectivity index (χ0n) is 14.6. The molecule has 0 radical (unpaired) electrons. The van der Waals surface area contributed by atoms with Crippen LogP contribution in [0.25, 0.3) is 0 Å². The number of aliphatic carboxylic acids is 1. The standard InChI is InChI=1S/C19H21NO5S/c1-3-19(18(22)23,16-7-5-4-6-8-16)20-17(21)15-11-9-14(10-12-15)13-26(2,24)25/h4-12H,3,13H2,1-2H3,(H,20,21)(H,22,23). The molecule has 1 unspecified atom stereocenters. The minimum atomic E-state index is -3.17. The average molecular weight is 375 g/mol. The maximum Gasteiger partial charge on any atom is 0.334 e. The third-order valence-corrected chi connectivity index (χ3v) is 4.99. The van der Waals surface area contributed by atoms with Crippen LogP contribution in [0.4, 0.5) is 0 Å². The Hall–Kier alpha value is -2.67. The number of hydrogen-bond donors (Lipinski definition) is 2. The second kappa shape index (κ2) is 7.70. The predicted octanol–water partition coefficient (Wildman–Crippen LogP) is 2.35. The molecule has 0 heterocycles. The molecule has 0 aliphatic rings. The summed E-state index contributed by atoms with van der Waals surface area (Å²) in [6.45, 7) is 1.69. The van der Waals surface area contributed by atoms with Gasteiger partial charge in [-0.15, -0.1) is 0 Å². The normalized spacial score (nSPS) is 13.6. The van der Waals surface area contributed by atoms with Gasteiger partial charge in [0.1, 0.15) is 0 Å². The van der Waals surface area contributed by atoms with Crippen LogP contribution in [0.15, 0.2) is 54.6 Å². The second-order valence-corrected chi connectivity index (χ2v) is 8.29. The Labute approximate surface area is 152 Å². The van der Waals surface area contributed by atoms with Crippen LogP contribution < -0.4 is 5.32 Å². The zero-order chi connectivity index (χ0) is 19.4. The average Bonchev–Trinajstić information content (AvgIpc) is 2.59. The van der Waals surface area contributed by atoms with Gasteiger partial charge in [-0.3, -0.25) is 4.79 Å². The molecule has 2 aromatic carbocycles. The van der Waals surface area contributed by atoms with Gasteiger partial charge < -0.3 is 10.4 Å². The first kappa shape index (κ1) is 19.7. The van der Waals surface area contributed by atoms with Crippen LogP contribution in [0.3, 0.4) is 0 Å². The minimum absolute atomic E-state index is 0.118. The lowest BCUT2D eigenvalue weighted by Gasteiger charge is -2.30. The van der Waals surface area contributed by atoms with Gasteiger partial charge in [0, 0.05) is 11.8 Å². The molecule has 2 N–H and O–H groups in total. The van der Waals surface area contributed by atoms with Gasteiger partial charge >= 0.3 is 5.97 Å². The summed E-state index contributed by atoms with van der Waals surface area (Å²) in [5.41, 5.74) is -0.231. The quantitative estimate of drug-likeness (QED) is 0.774. The number of carboxylic acid groups (broad SMARTS) is 1. The summed E-state index contributed by atoms with van der Waals surface area (Å²) in [4.78, 5) is 24.5. The molecule has 0 aromatic heterocycles. The molecule has 0 aliphatic heterocycles. The van der Waals surface area contributed by atoms with Crippen LogP contribution in [-0.4, -0.2) is 31.7 Å². The number of rotatable bonds is 7. The molecular formula is C19H21NO5S. The van der Waals surface area contributed by atoms with Crippen molar-refractivity contribution >= 4 is 21.7 Å². The van der Waals surface area contributed by atoms with E-state index < -0.39 is 27.3 Å². The summed E-state index contributed by atoms with van der Waals surface area (Å²) >= 11 is 0. The van der Waals surface area contributed by atoms with E-state index in [4.69, 9.17) is 0 Å². The van der Waals surface area contributed by atoms with Gasteiger partial charge in [-0.1, -0.05) is 49.4 Å². The summed E-state index contributed by atoms with van der Waals surface area (Å²) < 4.78 is 22.7. The van der Waals surface area contributed by atoms with Crippen molar-refractivity contribution in [3.63, 3.8) is 0 Å². The molecule has 138 valence electrons. The molecule has 0 fully saturated rings. The van der Waals surface area contributed by atoms with Gasteiger partial charge in [0.2, 0.25) is 0 Å². The lowest BCUT2D eigenvalue weighted by molar-refractivity contribution is -0.145. The van der Waals surface area contributed by atoms with E-state index in [1.165, 1.54) is 12.1 Å². The Kier molecular flexibility index (Phi) is 5.82. The van der Waals surface area contributed by atoms with Gasteiger partial charge in [0.15, 0.2) is 15.4 Å². The smallest absolute Gasteiger partial charge is 0.334 e. The third kappa shape index (κ3) is 4.49. The van der Waals surface area contributed by atoms with E-state index in [-0.39, 0.29) is 17.7 Å². The molecule has 1 atom stereocenters. The van der Waals surface area contributed by atoms with E-state index in [0.29, 0.717) is 11.1 Å². The molecule has 1 amide bonds. The Morgan fingerprint density at radius 3 is 2.08 bits per heavy atom. The number of amides is 1. The largest absolute Gasteiger partial charge is 0.479 e. The minimum Gasteiger partial charge on any atom is -0.479 e. The van der Waals surface area contributed by atoms with E-state index in [2.05, 4.69) is 5.32 Å². The summed E-state index contributed by atoms with van der Waals surface area (Å²) in [6.07, 6.45) is 1.31. The molecule has 7 heteroatoms. The van der Waals surface area contributed by atoms with Gasteiger partial charge in [-0.2, -0.15) is 0 Å². The van der Waals surface area contributed by atoms with E-state index in [9.17, 15) is 23.1 Å². The third-order valence-electron chi connectivity index (χ3n) is 4.13. The SMILES string of the molecule is CCC(NC(=O)c1ccc(CS(C)(=O)=O)cc1)(C(=O)O)c1ccccc1. The van der Waals surface area contributed by atoms with Crippen LogP contribution in [-0.2, 0) is 25.9 Å². The first-order valence-electron chi connectivity index (χ1n) is 8.06. The number of carbonyl (C=O) groups excluding carboxylic acids is 1. The van der Waals surface area contributed by atoms with Crippen LogP contribution in [0.2, 0.25) is 0 Å². The molecule has 2 aromatic rings. The maximum atomic E-state index is 12.6. The van der Waals surface area contributed by atoms with Gasteiger partial charge in [-0.05, 0) is 29.7 Å². The Bertz CT molecular complexity index is 891. The van der Waals surface area contributed by atoms with Crippen molar-refractivity contribution in [2.45, 2.75) is 24.6 Å². The molecule has 0 spiro atoms. The second-order valence-electron chi connectivity index (χ2n) is 6.15. The van der Waals surface area contributed by atoms with Crippen molar-refractivity contribution < 1.29 is 23.1 Å². The molecule has 26 heavy (non-hydrogen) atoms. The predicted molar refractivity (Wildman–Crippen MR) is 98.5 cm³/mol. The molecule has 0 aliphatic carbocycles. The Balaban J connectivity index is 2.29. The van der Waals surface area contributed by atoms with Crippen molar-refractivity contribution in [1.82, 2.24) is 5.32 Å². The van der Waals surface area contributed by atoms with Crippen LogP contribution >= 0.6 is 0 Å². The first-order chi connectivity index (χ1) is 12.2. The van der Waals surface area contributed by atoms with Gasteiger partial charge in [0.05, 0.1) is 5.75 Å². The van der Waals surface area contributed by atoms with Crippen molar-refractivity contribution in [2.75, 3.05) is 6.26 Å². The van der Waals surface area contributed by atoms with E-state index in [1.807, 2.05) is 0 Å². The monoisotopic (exact) mass is 375 g/mol. The number of sulfone groups is 1. The lowest BCUT2D eigenvalue weighted by Crippen LogP contribution is -2.51. The summed E-state index contributed by atoms with van der Waals surface area (Å²) in [5.74, 6) is -1.80. The number of carbonyl (C=O) groups is 2. The number of nitrogens with one attached hydrogen (secondary N) is 1. The van der Waals surface area contributed by atoms with Crippen LogP contribution in [0.1, 0.15) is 34.8 Å². The van der Waals surface area contributed by atoms with Gasteiger partial charge in [-0.25, -0.2) is 13.2 Å². The fourth-order valence-corrected chi connectivity index (χ4v) is 3.53. The van der Waals surface area contributed by atoms with E-state index in [0.717, 1.165) is 6.26 Å². The molecule has 0 bridgehead atoms. The number of carboxylic acids is 1. The van der Waals surface area contributed by atoms with Crippen molar-refractivity contribution in [3.8, 4) is 0 Å². The topological polar surface area (TPSA) is 101 Å². The Morgan fingerprint density at radius 1 is 1.04 bits per heavy atom. The first-order valence-corrected chi connectivity index (χ1v) is 10.1. The zero-order valence-corrected chi connectivity index (χ0v) is 15.4. The van der Waals surface area contributed by atoms with Gasteiger partial charge in [0.25, 0.3) is 5.91 Å². The highest BCUT2D eigenvalue weighted by atomic mass is 32.2. The highest BCUT2D eigenvalue weighted by Gasteiger charge is 2.40. The van der Waals surface area contributed by atoms with Crippen LogP contribution in [0.5, 0.6) is 0 Å². The van der Waals surface area contributed by atoms with Crippen molar-refractivity contribution in [3.05, 3.63) is 71.3 Å². The van der Waals surface area contributed by atoms with E-state index in [1.54, 1.807) is 49.4 Å². The molecule has 6 nitrogen and oxygen atoms in total. The van der Waals surface area contributed by atoms with Crippen molar-refractivity contribution in [2.24, 2.45) is 0 Å². The molecule has 2 rings (SSSR count). The molecular weight excluding hydrogens is 354 g/mol. The molecule has 0 saturated heterocycles. The number of hydrogen-bond acceptors (Lipinski definition) is 4. The highest BCUT2D eigenvalue weighted by Crippen LogP contribution is 2.26. The lowest BCUT2D eigenvalue weighted by atomic mass is 9.87. The summed E-state index contributed by atoms with van der Waals surface area (Å²) in [7, 11) is -3.17. The molecule has 0 saturated carbocycles. The van der Waals surface area contributed by atoms with Crippen LogP contribution in [0, 0.1) is 0 Å². The fraction of sp³-hybridized carbons (Fsp3) is 0.263. The summed E-state index contributed by atoms with van der Waals surface area (Å²) in [6, 6.07) is 14.6. The Morgan fingerprint density at radius 2 is 1.62 bits per heavy atom. The summed E-state index contributed by atoms with van der Waals surface area (Å²) in [5, 5.41) is 12.4. The highest BCUT2D eigenvalue weighted by molar-refractivity contribution is 7.89.